The van der Waals surface area contributed by atoms with Gasteiger partial charge >= 0.3 is 6.09 Å². The van der Waals surface area contributed by atoms with Crippen LogP contribution in [0.25, 0.3) is 10.9 Å². The number of aromatic nitrogens is 1. The van der Waals surface area contributed by atoms with Gasteiger partial charge in [0.15, 0.2) is 5.82 Å². The first-order valence-corrected chi connectivity index (χ1v) is 10.7. The predicted octanol–water partition coefficient (Wildman–Crippen LogP) is 3.59. The number of piperidine rings is 1. The molecule has 7 nitrogen and oxygen atoms in total. The van der Waals surface area contributed by atoms with Crippen molar-refractivity contribution in [3.05, 3.63) is 34.7 Å². The van der Waals surface area contributed by atoms with E-state index in [4.69, 9.17) is 21.4 Å². The van der Waals surface area contributed by atoms with Crippen molar-refractivity contribution in [3.8, 4) is 5.75 Å². The van der Waals surface area contributed by atoms with Gasteiger partial charge in [0.05, 0.1) is 36.8 Å². The van der Waals surface area contributed by atoms with Crippen molar-refractivity contribution in [1.29, 1.82) is 0 Å². The normalized spacial score (nSPS) is 24.2. The molecule has 2 aromatic rings. The summed E-state index contributed by atoms with van der Waals surface area (Å²) >= 11 is 6.48. The number of quaternary nitrogens is 1. The molecule has 1 fully saturated rings. The number of rotatable bonds is 5. The second-order valence-corrected chi connectivity index (χ2v) is 9.61. The zero-order valence-electron chi connectivity index (χ0n) is 18.3. The summed E-state index contributed by atoms with van der Waals surface area (Å²) in [5.41, 5.74) is 0.825. The van der Waals surface area contributed by atoms with E-state index in [2.05, 4.69) is 31.1 Å². The second kappa shape index (κ2) is 8.76. The Hall–Kier alpha value is -2.16. The quantitative estimate of drug-likeness (QED) is 0.600. The lowest BCUT2D eigenvalue weighted by atomic mass is 9.90. The van der Waals surface area contributed by atoms with Gasteiger partial charge in [0.1, 0.15) is 23.9 Å². The minimum Gasteiger partial charge on any atom is -0.497 e. The molecule has 3 N–H and O–H groups in total. The standard InChI is InChI=1S/C22H29ClFN3O4/c1-22(2,3)27(8-6-18(19(28)12-27)26-21(29)30)7-5-14-15-9-13(31-4)10-17(24)20(15)25-11-16(14)23/h9-11,18-19,26,28H,5-8,12H2,1-4H3/p+1. The summed E-state index contributed by atoms with van der Waals surface area (Å²) in [5, 5.41) is 23.2. The highest BCUT2D eigenvalue weighted by Gasteiger charge is 2.47. The van der Waals surface area contributed by atoms with Gasteiger partial charge in [-0.3, -0.25) is 4.98 Å². The molecule has 170 valence electrons. The Balaban J connectivity index is 1.93. The van der Waals surface area contributed by atoms with Crippen molar-refractivity contribution in [2.45, 2.75) is 51.3 Å². The molecule has 3 unspecified atom stereocenters. The van der Waals surface area contributed by atoms with Crippen molar-refractivity contribution in [1.82, 2.24) is 10.3 Å². The molecule has 1 aliphatic heterocycles. The number of benzene rings is 1. The summed E-state index contributed by atoms with van der Waals surface area (Å²) in [6, 6.07) is 2.55. The molecule has 0 bridgehead atoms. The highest BCUT2D eigenvalue weighted by atomic mass is 35.5. The fourth-order valence-corrected chi connectivity index (χ4v) is 4.84. The number of carbonyl (C=O) groups is 1. The predicted molar refractivity (Wildman–Crippen MR) is 117 cm³/mol. The number of nitrogens with zero attached hydrogens (tertiary/aromatic N) is 2. The molecule has 1 aliphatic rings. The number of hydrogen-bond acceptors (Lipinski definition) is 4. The summed E-state index contributed by atoms with van der Waals surface area (Å²) in [6.45, 7) is 8.09. The fourth-order valence-electron chi connectivity index (χ4n) is 4.59. The van der Waals surface area contributed by atoms with E-state index in [0.717, 1.165) is 5.56 Å². The Morgan fingerprint density at radius 1 is 1.42 bits per heavy atom. The lowest BCUT2D eigenvalue weighted by Gasteiger charge is -2.53. The van der Waals surface area contributed by atoms with Crippen LogP contribution in [0.2, 0.25) is 5.02 Å². The van der Waals surface area contributed by atoms with Gasteiger partial charge in [-0.15, -0.1) is 0 Å². The molecular formula is C22H30ClFN3O4+. The van der Waals surface area contributed by atoms with Crippen LogP contribution < -0.4 is 10.1 Å². The van der Waals surface area contributed by atoms with Crippen molar-refractivity contribution in [3.63, 3.8) is 0 Å². The zero-order chi connectivity index (χ0) is 23.0. The van der Waals surface area contributed by atoms with Gasteiger partial charge in [0.25, 0.3) is 0 Å². The number of ether oxygens (including phenoxy) is 1. The number of amides is 1. The largest absolute Gasteiger partial charge is 0.497 e. The Morgan fingerprint density at radius 2 is 2.13 bits per heavy atom. The highest BCUT2D eigenvalue weighted by Crippen LogP contribution is 2.34. The Morgan fingerprint density at radius 3 is 2.71 bits per heavy atom. The van der Waals surface area contributed by atoms with Gasteiger partial charge in [-0.05, 0) is 32.4 Å². The van der Waals surface area contributed by atoms with Crippen LogP contribution in [0.1, 0.15) is 32.8 Å². The number of methoxy groups -OCH3 is 1. The zero-order valence-corrected chi connectivity index (χ0v) is 19.0. The topological polar surface area (TPSA) is 91.7 Å². The van der Waals surface area contributed by atoms with Gasteiger partial charge in [-0.25, -0.2) is 9.18 Å². The molecule has 0 aliphatic carbocycles. The Labute approximate surface area is 186 Å². The van der Waals surface area contributed by atoms with Crippen molar-refractivity contribution >= 4 is 28.6 Å². The smallest absolute Gasteiger partial charge is 0.404 e. The summed E-state index contributed by atoms with van der Waals surface area (Å²) in [4.78, 5) is 15.2. The Kier molecular flexibility index (Phi) is 6.64. The van der Waals surface area contributed by atoms with E-state index in [0.29, 0.717) is 53.1 Å². The molecular weight excluding hydrogens is 425 g/mol. The number of pyridine rings is 1. The number of nitrogens with one attached hydrogen (secondary N) is 1. The van der Waals surface area contributed by atoms with Gasteiger partial charge in [-0.2, -0.15) is 0 Å². The molecule has 3 atom stereocenters. The molecule has 0 radical (unpaired) electrons. The number of hydrogen-bond donors (Lipinski definition) is 3. The number of aliphatic hydroxyl groups is 1. The molecule has 1 aromatic carbocycles. The van der Waals surface area contributed by atoms with E-state index in [1.165, 1.54) is 19.4 Å². The number of carboxylic acid groups (broad SMARTS) is 1. The van der Waals surface area contributed by atoms with E-state index < -0.39 is 24.1 Å². The fraction of sp³-hybridized carbons (Fsp3) is 0.545. The van der Waals surface area contributed by atoms with Gasteiger partial charge in [-0.1, -0.05) is 11.6 Å². The maximum Gasteiger partial charge on any atom is 0.404 e. The minimum atomic E-state index is -1.13. The van der Waals surface area contributed by atoms with Gasteiger partial charge < -0.3 is 24.7 Å². The van der Waals surface area contributed by atoms with Crippen LogP contribution in [-0.4, -0.2) is 70.2 Å². The molecule has 2 heterocycles. The van der Waals surface area contributed by atoms with E-state index in [-0.39, 0.29) is 11.1 Å². The maximum atomic E-state index is 14.5. The van der Waals surface area contributed by atoms with E-state index in [1.807, 2.05) is 0 Å². The van der Waals surface area contributed by atoms with Crippen LogP contribution in [0.3, 0.4) is 0 Å². The minimum absolute atomic E-state index is 0.201. The SMILES string of the molecule is COc1cc(F)c2ncc(Cl)c(CC[N+]3(C(C)(C)C)CCC(NC(=O)O)C(O)C3)c2c1. The van der Waals surface area contributed by atoms with Crippen molar-refractivity contribution < 1.29 is 28.6 Å². The molecule has 31 heavy (non-hydrogen) atoms. The molecule has 0 saturated carbocycles. The van der Waals surface area contributed by atoms with Crippen molar-refractivity contribution in [2.24, 2.45) is 0 Å². The second-order valence-electron chi connectivity index (χ2n) is 9.20. The monoisotopic (exact) mass is 454 g/mol. The summed E-state index contributed by atoms with van der Waals surface area (Å²) in [7, 11) is 1.48. The van der Waals surface area contributed by atoms with Crippen molar-refractivity contribution in [2.75, 3.05) is 26.7 Å². The van der Waals surface area contributed by atoms with Crippen LogP contribution in [0.5, 0.6) is 5.75 Å². The number of likely N-dealkylation sites (tertiary alicyclic amines) is 1. The third kappa shape index (κ3) is 4.71. The van der Waals surface area contributed by atoms with E-state index in [1.54, 1.807) is 6.07 Å². The maximum absolute atomic E-state index is 14.5. The number of aliphatic hydroxyl groups excluding tert-OH is 1. The first-order chi connectivity index (χ1) is 14.5. The molecule has 9 heteroatoms. The average Bonchev–Trinajstić information content (AvgIpc) is 2.67. The Bertz CT molecular complexity index is 981. The van der Waals surface area contributed by atoms with Crippen LogP contribution in [-0.2, 0) is 6.42 Å². The lowest BCUT2D eigenvalue weighted by Crippen LogP contribution is -2.70. The molecule has 0 spiro atoms. The number of fused-ring (bicyclic) bond motifs is 1. The van der Waals surface area contributed by atoms with Gasteiger partial charge in [0.2, 0.25) is 0 Å². The first kappa shape index (κ1) is 23.5. The average molecular weight is 455 g/mol. The summed E-state index contributed by atoms with van der Waals surface area (Å²) in [5.74, 6) is -0.0750. The van der Waals surface area contributed by atoms with Crippen LogP contribution in [0, 0.1) is 5.82 Å². The van der Waals surface area contributed by atoms with E-state index >= 15 is 0 Å². The molecule has 1 aromatic heterocycles. The highest BCUT2D eigenvalue weighted by molar-refractivity contribution is 6.32. The van der Waals surface area contributed by atoms with Gasteiger partial charge in [0, 0.05) is 30.5 Å². The molecule has 1 saturated heterocycles. The number of halogens is 2. The van der Waals surface area contributed by atoms with E-state index in [9.17, 15) is 14.3 Å². The molecule has 1 amide bonds. The van der Waals surface area contributed by atoms with Crippen LogP contribution >= 0.6 is 11.6 Å². The lowest BCUT2D eigenvalue weighted by molar-refractivity contribution is -0.977. The summed E-state index contributed by atoms with van der Waals surface area (Å²) < 4.78 is 20.3. The third-order valence-electron chi connectivity index (χ3n) is 6.58. The molecule has 3 rings (SSSR count). The van der Waals surface area contributed by atoms with Crippen LogP contribution in [0.15, 0.2) is 18.3 Å². The van der Waals surface area contributed by atoms with Crippen LogP contribution in [0.4, 0.5) is 9.18 Å². The third-order valence-corrected chi connectivity index (χ3v) is 6.91. The summed E-state index contributed by atoms with van der Waals surface area (Å²) in [6.07, 6.45) is 0.606. The first-order valence-electron chi connectivity index (χ1n) is 10.3.